The number of aromatic nitrogens is 1. The lowest BCUT2D eigenvalue weighted by Crippen LogP contribution is -2.36. The number of benzene rings is 2. The number of aromatic hydroxyl groups is 1. The van der Waals surface area contributed by atoms with Crippen LogP contribution >= 0.6 is 0 Å². The zero-order chi connectivity index (χ0) is 27.3. The molecule has 0 aliphatic carbocycles. The van der Waals surface area contributed by atoms with Gasteiger partial charge in [-0.25, -0.2) is 9.18 Å². The third-order valence-corrected chi connectivity index (χ3v) is 5.36. The summed E-state index contributed by atoms with van der Waals surface area (Å²) in [7, 11) is 1.42. The molecule has 0 saturated heterocycles. The average Bonchev–Trinajstić information content (AvgIpc) is 2.85. The summed E-state index contributed by atoms with van der Waals surface area (Å²) >= 11 is 0. The van der Waals surface area contributed by atoms with Crippen molar-refractivity contribution in [2.45, 2.75) is 25.5 Å². The van der Waals surface area contributed by atoms with E-state index in [1.165, 1.54) is 32.3 Å². The predicted molar refractivity (Wildman–Crippen MR) is 129 cm³/mol. The molecule has 3 aromatic rings. The molecule has 1 atom stereocenters. The number of aryl methyl sites for hydroxylation is 2. The van der Waals surface area contributed by atoms with E-state index in [0.29, 0.717) is 11.1 Å². The molecule has 37 heavy (non-hydrogen) atoms. The normalized spacial score (nSPS) is 12.0. The monoisotopic (exact) mass is 519 g/mol. The largest absolute Gasteiger partial charge is 0.505 e. The van der Waals surface area contributed by atoms with Crippen molar-refractivity contribution in [3.8, 4) is 22.6 Å². The van der Waals surface area contributed by atoms with E-state index in [1.807, 2.05) is 0 Å². The van der Waals surface area contributed by atoms with Crippen LogP contribution in [0.15, 0.2) is 59.5 Å². The standard InChI is InChI=1S/C25H24F3N3O6/c1-14-12-31(2)23(35)21(22(14)34)30-24(36)29-18(11-20(32)33)16-8-9-19(37-25(27,28)13-26)17(10-16)15-6-4-3-5-7-15/h3-10,12,18,34H,11,13H2,1-2H3,(H,32,33)(H2,29,30,36). The zero-order valence-electron chi connectivity index (χ0n) is 19.8. The molecule has 0 fully saturated rings. The van der Waals surface area contributed by atoms with E-state index >= 15 is 0 Å². The smallest absolute Gasteiger partial charge is 0.427 e. The van der Waals surface area contributed by atoms with Crippen LogP contribution in [0.25, 0.3) is 11.1 Å². The summed E-state index contributed by atoms with van der Waals surface area (Å²) in [5.74, 6) is -2.09. The van der Waals surface area contributed by atoms with Crippen molar-refractivity contribution < 1.29 is 37.7 Å². The minimum Gasteiger partial charge on any atom is -0.505 e. The highest BCUT2D eigenvalue weighted by Crippen LogP contribution is 2.36. The minimum atomic E-state index is -4.09. The Morgan fingerprint density at radius 3 is 2.46 bits per heavy atom. The predicted octanol–water partition coefficient (Wildman–Crippen LogP) is 4.34. The lowest BCUT2D eigenvalue weighted by Gasteiger charge is -2.22. The van der Waals surface area contributed by atoms with Crippen LogP contribution < -0.4 is 20.9 Å². The van der Waals surface area contributed by atoms with Gasteiger partial charge >= 0.3 is 18.1 Å². The number of carboxylic acids is 1. The second-order valence-electron chi connectivity index (χ2n) is 8.20. The number of pyridine rings is 1. The highest BCUT2D eigenvalue weighted by molar-refractivity contribution is 5.91. The van der Waals surface area contributed by atoms with Crippen molar-refractivity contribution in [2.24, 2.45) is 7.05 Å². The van der Waals surface area contributed by atoms with Gasteiger partial charge in [-0.2, -0.15) is 8.78 Å². The van der Waals surface area contributed by atoms with E-state index in [-0.39, 0.29) is 16.9 Å². The Bertz CT molecular complexity index is 1360. The van der Waals surface area contributed by atoms with Crippen molar-refractivity contribution in [3.05, 3.63) is 76.2 Å². The Morgan fingerprint density at radius 1 is 1.16 bits per heavy atom. The molecule has 0 bridgehead atoms. The summed E-state index contributed by atoms with van der Waals surface area (Å²) in [5.41, 5.74) is -0.0676. The van der Waals surface area contributed by atoms with Crippen LogP contribution in [0.5, 0.6) is 11.5 Å². The topological polar surface area (TPSA) is 130 Å². The van der Waals surface area contributed by atoms with Gasteiger partial charge in [-0.1, -0.05) is 36.4 Å². The van der Waals surface area contributed by atoms with Crippen LogP contribution in [0.2, 0.25) is 0 Å². The maximum Gasteiger partial charge on any atom is 0.427 e. The van der Waals surface area contributed by atoms with Gasteiger partial charge in [0.25, 0.3) is 5.56 Å². The number of urea groups is 1. The van der Waals surface area contributed by atoms with E-state index in [1.54, 1.807) is 30.3 Å². The highest BCUT2D eigenvalue weighted by Gasteiger charge is 2.33. The Hall–Kier alpha value is -4.48. The van der Waals surface area contributed by atoms with E-state index in [2.05, 4.69) is 15.4 Å². The molecule has 9 nitrogen and oxygen atoms in total. The van der Waals surface area contributed by atoms with Gasteiger partial charge in [0.15, 0.2) is 12.4 Å². The number of ether oxygens (including phenoxy) is 1. The molecule has 1 aromatic heterocycles. The molecule has 2 aromatic carbocycles. The second kappa shape index (κ2) is 11.1. The zero-order valence-corrected chi connectivity index (χ0v) is 19.8. The fourth-order valence-electron chi connectivity index (χ4n) is 3.62. The number of nitrogens with zero attached hydrogens (tertiary/aromatic N) is 1. The number of alkyl halides is 3. The van der Waals surface area contributed by atoms with E-state index < -0.39 is 54.2 Å². The van der Waals surface area contributed by atoms with E-state index in [0.717, 1.165) is 10.6 Å². The molecule has 0 spiro atoms. The first-order valence-electron chi connectivity index (χ1n) is 10.9. The third-order valence-electron chi connectivity index (χ3n) is 5.36. The van der Waals surface area contributed by atoms with Gasteiger partial charge in [0.05, 0.1) is 12.5 Å². The molecule has 0 radical (unpaired) electrons. The summed E-state index contributed by atoms with van der Waals surface area (Å²) < 4.78 is 45.8. The maximum atomic E-state index is 13.7. The molecule has 0 aliphatic rings. The van der Waals surface area contributed by atoms with Crippen LogP contribution in [0.1, 0.15) is 23.6 Å². The average molecular weight is 519 g/mol. The molecule has 3 rings (SSSR count). The number of halogens is 3. The van der Waals surface area contributed by atoms with Crippen molar-refractivity contribution in [3.63, 3.8) is 0 Å². The highest BCUT2D eigenvalue weighted by atomic mass is 19.3. The second-order valence-corrected chi connectivity index (χ2v) is 8.20. The van der Waals surface area contributed by atoms with Crippen LogP contribution in [-0.4, -0.2) is 39.6 Å². The lowest BCUT2D eigenvalue weighted by atomic mass is 9.97. The number of carbonyl (C=O) groups excluding carboxylic acids is 1. The molecule has 196 valence electrons. The quantitative estimate of drug-likeness (QED) is 0.333. The summed E-state index contributed by atoms with van der Waals surface area (Å²) in [6.07, 6.45) is -3.33. The van der Waals surface area contributed by atoms with Gasteiger partial charge in [0, 0.05) is 24.4 Å². The van der Waals surface area contributed by atoms with Crippen molar-refractivity contribution in [1.82, 2.24) is 9.88 Å². The summed E-state index contributed by atoms with van der Waals surface area (Å²) in [4.78, 5) is 36.6. The molecular formula is C25H24F3N3O6. The molecule has 1 heterocycles. The first-order valence-corrected chi connectivity index (χ1v) is 10.9. The Labute approximate surface area is 209 Å². The minimum absolute atomic E-state index is 0.106. The number of aliphatic carboxylic acids is 1. The van der Waals surface area contributed by atoms with E-state index in [9.17, 15) is 37.8 Å². The van der Waals surface area contributed by atoms with Crippen LogP contribution in [0.4, 0.5) is 23.7 Å². The number of rotatable bonds is 9. The number of hydrogen-bond donors (Lipinski definition) is 4. The Balaban J connectivity index is 1.98. The molecule has 2 amide bonds. The summed E-state index contributed by atoms with van der Waals surface area (Å²) in [6, 6.07) is 9.67. The Kier molecular flexibility index (Phi) is 8.11. The summed E-state index contributed by atoms with van der Waals surface area (Å²) in [5, 5.41) is 24.3. The fourth-order valence-corrected chi connectivity index (χ4v) is 3.62. The van der Waals surface area contributed by atoms with Gasteiger partial charge in [0.2, 0.25) is 0 Å². The molecule has 0 saturated carbocycles. The van der Waals surface area contributed by atoms with Crippen LogP contribution in [0.3, 0.4) is 0 Å². The van der Waals surface area contributed by atoms with Crippen LogP contribution in [0, 0.1) is 6.92 Å². The Morgan fingerprint density at radius 2 is 1.84 bits per heavy atom. The molecule has 0 aliphatic heterocycles. The first-order chi connectivity index (χ1) is 17.4. The number of nitrogens with one attached hydrogen (secondary N) is 2. The third kappa shape index (κ3) is 6.60. The van der Waals surface area contributed by atoms with Crippen molar-refractivity contribution in [1.29, 1.82) is 0 Å². The number of anilines is 1. The van der Waals surface area contributed by atoms with Crippen LogP contribution in [-0.2, 0) is 11.8 Å². The fraction of sp³-hybridized carbons (Fsp3) is 0.240. The maximum absolute atomic E-state index is 13.7. The van der Waals surface area contributed by atoms with Gasteiger partial charge in [-0.05, 0) is 30.2 Å². The number of carbonyl (C=O) groups is 2. The SMILES string of the molecule is Cc1cn(C)c(=O)c(NC(=O)NC(CC(=O)O)c2ccc(OC(F)(F)CF)c(-c3ccccc3)c2)c1O. The first kappa shape index (κ1) is 27.1. The summed E-state index contributed by atoms with van der Waals surface area (Å²) in [6.45, 7) is -0.538. The molecule has 4 N–H and O–H groups in total. The van der Waals surface area contributed by atoms with Gasteiger partial charge in [-0.3, -0.25) is 9.59 Å². The van der Waals surface area contributed by atoms with Crippen molar-refractivity contribution >= 4 is 17.7 Å². The molecular weight excluding hydrogens is 495 g/mol. The van der Waals surface area contributed by atoms with Gasteiger partial charge in [-0.15, -0.1) is 0 Å². The molecule has 12 heteroatoms. The number of amides is 2. The van der Waals surface area contributed by atoms with Gasteiger partial charge in [0.1, 0.15) is 11.5 Å². The number of carboxylic acid groups (broad SMARTS) is 1. The van der Waals surface area contributed by atoms with E-state index in [4.69, 9.17) is 0 Å². The van der Waals surface area contributed by atoms with Gasteiger partial charge < -0.3 is 30.2 Å². The molecule has 1 unspecified atom stereocenters. The van der Waals surface area contributed by atoms with Crippen molar-refractivity contribution in [2.75, 3.05) is 12.0 Å². The lowest BCUT2D eigenvalue weighted by molar-refractivity contribution is -0.186. The number of hydrogen-bond acceptors (Lipinski definition) is 5.